The molecule has 0 atom stereocenters. The summed E-state index contributed by atoms with van der Waals surface area (Å²) in [5, 5.41) is 20.9. The van der Waals surface area contributed by atoms with Gasteiger partial charge in [0.1, 0.15) is 48.0 Å². The van der Waals surface area contributed by atoms with Crippen LogP contribution in [0.5, 0.6) is 11.5 Å². The number of piperazine rings is 1. The zero-order valence-corrected chi connectivity index (χ0v) is 65.7. The van der Waals surface area contributed by atoms with Gasteiger partial charge in [-0.05, 0) is 165 Å². The molecule has 0 aliphatic carbocycles. The molecule has 23 nitrogen and oxygen atoms in total. The van der Waals surface area contributed by atoms with Crippen molar-refractivity contribution in [3.05, 3.63) is 166 Å². The van der Waals surface area contributed by atoms with E-state index in [4.69, 9.17) is 44.3 Å². The molecule has 9 aromatic rings. The Balaban J connectivity index is 0.000000178. The van der Waals surface area contributed by atoms with Gasteiger partial charge >= 0.3 is 0 Å². The van der Waals surface area contributed by atoms with Crippen LogP contribution in [0.15, 0.2) is 150 Å². The lowest BCUT2D eigenvalue weighted by atomic mass is 10.1. The number of sulfone groups is 2. The molecular formula is C71H86Cl3N14O9P3S2. The van der Waals surface area contributed by atoms with Gasteiger partial charge in [0.2, 0.25) is 17.8 Å². The summed E-state index contributed by atoms with van der Waals surface area (Å²) in [7, 11) is -12.7. The first kappa shape index (κ1) is 78.3. The lowest BCUT2D eigenvalue weighted by Gasteiger charge is -2.35. The topological polar surface area (TPSA) is 294 Å². The minimum absolute atomic E-state index is 0.166. The molecule has 0 radical (unpaired) electrons. The Morgan fingerprint density at radius 2 is 0.971 bits per heavy atom. The second-order valence-electron chi connectivity index (χ2n) is 25.7. The first-order valence-corrected chi connectivity index (χ1v) is 44.9. The van der Waals surface area contributed by atoms with Crippen molar-refractivity contribution in [2.45, 2.75) is 74.7 Å². The second kappa shape index (κ2) is 33.3. The molecule has 0 bridgehead atoms. The maximum absolute atomic E-state index is 12.8. The zero-order chi connectivity index (χ0) is 74.1. The quantitative estimate of drug-likeness (QED) is 0.0324. The second-order valence-corrected chi connectivity index (χ2v) is 41.5. The Bertz CT molecular complexity index is 4920. The van der Waals surface area contributed by atoms with Gasteiger partial charge in [0, 0.05) is 71.5 Å². The molecule has 2 aliphatic rings. The molecule has 0 amide bonds. The number of nitrogens with one attached hydrogen (secondary N) is 6. The number of fused-ring (bicyclic) bond motifs is 1. The fraction of sp³-hybridized carbons (Fsp3) is 0.324. The number of methoxy groups -OCH3 is 1. The minimum Gasteiger partial charge on any atom is -0.494 e. The van der Waals surface area contributed by atoms with E-state index in [1.165, 1.54) is 18.6 Å². The van der Waals surface area contributed by atoms with Crippen molar-refractivity contribution in [1.82, 2.24) is 34.8 Å². The number of rotatable bonds is 23. The van der Waals surface area contributed by atoms with E-state index < -0.39 is 51.6 Å². The summed E-state index contributed by atoms with van der Waals surface area (Å²) in [5.74, 6) is 3.22. The first-order chi connectivity index (χ1) is 48.2. The zero-order valence-electron chi connectivity index (χ0n) is 59.1. The van der Waals surface area contributed by atoms with Gasteiger partial charge in [0.25, 0.3) is 0 Å². The molecular weight excluding hydrogens is 1460 g/mol. The fourth-order valence-electron chi connectivity index (χ4n) is 11.0. The van der Waals surface area contributed by atoms with Gasteiger partial charge in [-0.3, -0.25) is 0 Å². The highest BCUT2D eigenvalue weighted by atomic mass is 35.5. The third-order valence-electron chi connectivity index (χ3n) is 16.7. The smallest absolute Gasteiger partial charge is 0.229 e. The molecule has 11 rings (SSSR count). The van der Waals surface area contributed by atoms with Crippen molar-refractivity contribution >= 4 is 167 Å². The average molecular weight is 1540 g/mol. The number of benzene rings is 6. The van der Waals surface area contributed by atoms with Crippen molar-refractivity contribution in [1.29, 1.82) is 0 Å². The highest BCUT2D eigenvalue weighted by Gasteiger charge is 2.29. The molecule has 0 spiro atoms. The van der Waals surface area contributed by atoms with Crippen molar-refractivity contribution in [3.63, 3.8) is 0 Å². The van der Waals surface area contributed by atoms with Crippen LogP contribution >= 0.6 is 56.2 Å². The number of nitrogens with zero attached hydrogens (tertiary/aromatic N) is 8. The van der Waals surface area contributed by atoms with Crippen LogP contribution in [0.3, 0.4) is 0 Å². The maximum Gasteiger partial charge on any atom is 0.229 e. The molecule has 31 heteroatoms. The molecule has 3 aromatic heterocycles. The minimum atomic E-state index is -3.53. The Labute approximate surface area is 613 Å². The number of likely N-dealkylation sites (N-methyl/N-ethyl adjacent to an activating group) is 1. The largest absolute Gasteiger partial charge is 0.494 e. The van der Waals surface area contributed by atoms with E-state index in [-0.39, 0.29) is 37.4 Å². The molecule has 5 heterocycles. The Morgan fingerprint density at radius 1 is 0.520 bits per heavy atom. The van der Waals surface area contributed by atoms with E-state index in [9.17, 15) is 30.5 Å². The van der Waals surface area contributed by atoms with Crippen molar-refractivity contribution in [2.24, 2.45) is 0 Å². The van der Waals surface area contributed by atoms with Crippen LogP contribution in [0.2, 0.25) is 15.1 Å². The van der Waals surface area contributed by atoms with Crippen LogP contribution < -0.4 is 62.2 Å². The molecule has 1 fully saturated rings. The summed E-state index contributed by atoms with van der Waals surface area (Å²) in [4.78, 5) is 31.5. The summed E-state index contributed by atoms with van der Waals surface area (Å²) >= 11 is 19.0. The lowest BCUT2D eigenvalue weighted by Crippen LogP contribution is -2.46. The van der Waals surface area contributed by atoms with E-state index >= 15 is 0 Å². The summed E-state index contributed by atoms with van der Waals surface area (Å²) < 4.78 is 100. The molecule has 542 valence electrons. The summed E-state index contributed by atoms with van der Waals surface area (Å²) in [6.45, 7) is 26.9. The Kier molecular flexibility index (Phi) is 25.6. The van der Waals surface area contributed by atoms with Crippen LogP contribution in [0, 0.1) is 0 Å². The number of ether oxygens (including phenoxy) is 2. The van der Waals surface area contributed by atoms with Gasteiger partial charge < -0.3 is 64.9 Å². The maximum atomic E-state index is 12.8. The average Bonchev–Trinajstić information content (AvgIpc) is 1.43. The van der Waals surface area contributed by atoms with E-state index in [1.807, 2.05) is 67.6 Å². The monoisotopic (exact) mass is 1540 g/mol. The Morgan fingerprint density at radius 3 is 1.44 bits per heavy atom. The van der Waals surface area contributed by atoms with Crippen molar-refractivity contribution in [3.8, 4) is 11.5 Å². The number of aryl methyl sites for hydroxylation is 1. The van der Waals surface area contributed by atoms with Crippen LogP contribution in [0.4, 0.5) is 75.1 Å². The fourth-order valence-corrected chi connectivity index (χ4v) is 17.2. The van der Waals surface area contributed by atoms with Gasteiger partial charge in [-0.25, -0.2) is 31.8 Å². The van der Waals surface area contributed by atoms with Gasteiger partial charge in [-0.2, -0.15) is 15.0 Å². The number of hydrogen-bond donors (Lipinski definition) is 6. The summed E-state index contributed by atoms with van der Waals surface area (Å²) in [6, 6.07) is 36.1. The molecule has 6 aromatic carbocycles. The van der Waals surface area contributed by atoms with Crippen molar-refractivity contribution in [2.75, 3.05) is 123 Å². The van der Waals surface area contributed by atoms with E-state index in [1.54, 1.807) is 129 Å². The van der Waals surface area contributed by atoms with Gasteiger partial charge in [-0.1, -0.05) is 85.0 Å². The lowest BCUT2D eigenvalue weighted by molar-refractivity contribution is 0.271. The third-order valence-corrected chi connectivity index (χ3v) is 26.6. The van der Waals surface area contributed by atoms with Crippen LogP contribution in [-0.4, -0.2) is 149 Å². The number of halogens is 3. The van der Waals surface area contributed by atoms with E-state index in [0.29, 0.717) is 70.0 Å². The van der Waals surface area contributed by atoms with Gasteiger partial charge in [0.15, 0.2) is 37.1 Å². The molecule has 6 N–H and O–H groups in total. The SMILES string of the molecule is CC(C)S(=O)(=O)c1ccccc1Nc1nc(Nc2ccc(P(C)(C)=O)c3c2OCC3)ncc1Cl.CCN1CCN(c2ccc(Nc3ncc(Cl)c(Nc4ccccc4P(C)(C)=O)n3)c(OC)c2)CC1.CCc1cc(P(C)(C)=O)ccc1Nc1ncc(Cl)c(Nc2ccccc2S(=O)(=O)C(C)C)n1. The Hall–Kier alpha value is -7.82. The normalized spacial score (nSPS) is 13.4. The molecule has 2 aliphatic heterocycles. The van der Waals surface area contributed by atoms with Crippen molar-refractivity contribution < 1.29 is 40.0 Å². The van der Waals surface area contributed by atoms with E-state index in [0.717, 1.165) is 83.2 Å². The molecule has 102 heavy (non-hydrogen) atoms. The highest BCUT2D eigenvalue weighted by Crippen LogP contribution is 2.45. The van der Waals surface area contributed by atoms with Crippen LogP contribution in [0.25, 0.3) is 0 Å². The number of aromatic nitrogens is 6. The molecule has 0 unspecified atom stereocenters. The number of para-hydroxylation sites is 3. The predicted octanol–water partition coefficient (Wildman–Crippen LogP) is 15.6. The summed E-state index contributed by atoms with van der Waals surface area (Å²) in [5.41, 5.74) is 6.71. The van der Waals surface area contributed by atoms with Crippen LogP contribution in [-0.2, 0) is 46.2 Å². The van der Waals surface area contributed by atoms with E-state index in [2.05, 4.69) is 84.6 Å². The molecule has 0 saturated carbocycles. The summed E-state index contributed by atoms with van der Waals surface area (Å²) in [6.07, 6.45) is 5.83. The van der Waals surface area contributed by atoms with Gasteiger partial charge in [-0.15, -0.1) is 0 Å². The standard InChI is InChI=1S/C25H32ClN6O2P.C23H26ClN4O4PS.C23H28ClN4O3PS/c1-5-31-12-14-32(15-13-31)18-10-11-20(22(16-18)34-2)29-25-27-17-19(26)24(30-25)28-21-8-6-7-9-23(21)35(3,4)33;1-14(2)34(30,31)20-8-6-5-7-17(20)26-22-16(24)13-25-23(28-22)27-18-9-10-19(33(3,4)29)15-11-12-32-21(15)18;1-6-16-13-17(32(4,5)29)11-12-19(16)27-23-25-14-18(24)22(28-23)26-20-9-7-8-10-21(20)33(30,31)15(2)3/h6-11,16-17H,5,12-15H2,1-4H3,(H2,27,28,29,30);5-10,13-14H,11-12H2,1-4H3,(H2,25,26,27,28);7-15H,6H2,1-5H3,(H2,25,26,27,28). The number of hydrogen-bond acceptors (Lipinski definition) is 23. The van der Waals surface area contributed by atoms with Crippen LogP contribution in [0.1, 0.15) is 52.7 Å². The highest BCUT2D eigenvalue weighted by molar-refractivity contribution is 7.92. The predicted molar refractivity (Wildman–Crippen MR) is 421 cm³/mol. The van der Waals surface area contributed by atoms with Gasteiger partial charge in [0.05, 0.1) is 81.0 Å². The first-order valence-electron chi connectivity index (χ1n) is 32.9. The number of anilines is 13. The third kappa shape index (κ3) is 19.3. The molecule has 1 saturated heterocycles.